The van der Waals surface area contributed by atoms with Crippen LogP contribution < -0.4 is 46.7 Å². The molecule has 0 radical (unpaired) electrons. The van der Waals surface area contributed by atoms with Gasteiger partial charge in [-0.2, -0.15) is 15.0 Å². The predicted octanol–water partition coefficient (Wildman–Crippen LogP) is 14.3. The van der Waals surface area contributed by atoms with Gasteiger partial charge in [0, 0.05) is 118 Å². The third-order valence-corrected chi connectivity index (χ3v) is 21.6. The summed E-state index contributed by atoms with van der Waals surface area (Å²) in [6, 6.07) is 39.2. The van der Waals surface area contributed by atoms with E-state index in [0.717, 1.165) is 89.9 Å². The Balaban J connectivity index is 0.000000211. The molecule has 11 aromatic rings. The summed E-state index contributed by atoms with van der Waals surface area (Å²) in [6.07, 6.45) is 8.02. The van der Waals surface area contributed by atoms with Crippen LogP contribution >= 0.6 is 34.0 Å². The van der Waals surface area contributed by atoms with E-state index < -0.39 is 40.8 Å². The van der Waals surface area contributed by atoms with Crippen molar-refractivity contribution >= 4 is 159 Å². The number of rotatable bonds is 39. The van der Waals surface area contributed by atoms with Gasteiger partial charge in [0.2, 0.25) is 23.7 Å². The average Bonchev–Trinajstić information content (AvgIpc) is 1.64. The van der Waals surface area contributed by atoms with Crippen LogP contribution in [0.25, 0.3) is 74.2 Å². The van der Waals surface area contributed by atoms with E-state index in [4.69, 9.17) is 84.3 Å². The molecule has 0 unspecified atom stereocenters. The lowest BCUT2D eigenvalue weighted by molar-refractivity contribution is -0.150. The molecule has 0 bridgehead atoms. The topological polar surface area (TPSA) is 427 Å². The second kappa shape index (κ2) is 50.2. The number of nitrogens with one attached hydrogen (secondary N) is 2. The van der Waals surface area contributed by atoms with Crippen LogP contribution in [0.5, 0.6) is 11.8 Å². The number of aromatic nitrogens is 6. The zero-order valence-electron chi connectivity index (χ0n) is 75.2. The summed E-state index contributed by atoms with van der Waals surface area (Å²) in [6.45, 7) is 45.6. The lowest BCUT2D eigenvalue weighted by Gasteiger charge is -2.25. The number of carbonyl (C=O) groups excluding carboxylic acids is 4. The summed E-state index contributed by atoms with van der Waals surface area (Å²) in [5.74, 6) is -0.871. The zero-order chi connectivity index (χ0) is 94.6. The number of anilines is 5. The molecule has 0 saturated heterocycles. The van der Waals surface area contributed by atoms with Crippen molar-refractivity contribution in [3.05, 3.63) is 222 Å². The van der Waals surface area contributed by atoms with Crippen LogP contribution in [0.3, 0.4) is 0 Å². The SMILES string of the molecule is NCc1ccc(COc2nc(N)nc3nc[nH]c23)cc1.[C-]#[N+]/C(=C\c1cc2ccc(N(CCO)CCO)cc2s1)C(=O)OC(C)(C)C.[C-]#[N+]/C(=C\c1cc2ccc(N(CCO)CCOCCOC)cc2s1)C(=O)OC(C)(C)C.[C-]#[N+]/C(=C\c1cc2ccc(N(CCOCCOC)CCOC(=O)NCc3ccc(COc4nc(N)nc5c4N=CC5)cc3)cc2s1)C(=O)OC(C)(C)C. The summed E-state index contributed by atoms with van der Waals surface area (Å²) in [7, 11) is 3.26. The Morgan fingerprint density at radius 3 is 1.32 bits per heavy atom. The minimum Gasteiger partial charge on any atom is -0.471 e. The number of benzene rings is 5. The minimum absolute atomic E-state index is 0.000712. The Hall–Kier alpha value is -13.1. The van der Waals surface area contributed by atoms with Gasteiger partial charge in [-0.05, 0) is 174 Å². The highest BCUT2D eigenvalue weighted by Crippen LogP contribution is 2.37. The molecule has 37 heteroatoms. The molecule has 5 aromatic carbocycles. The molecule has 6 aromatic heterocycles. The maximum absolute atomic E-state index is 12.6. The maximum Gasteiger partial charge on any atom is 0.407 e. The quantitative estimate of drug-likeness (QED) is 0.00583. The summed E-state index contributed by atoms with van der Waals surface area (Å²) in [4.78, 5) is 95.7. The predicted molar refractivity (Wildman–Crippen MR) is 512 cm³/mol. The Morgan fingerprint density at radius 2 is 0.901 bits per heavy atom. The number of aliphatic imine (C=N–C) groups is 1. The number of hydrogen-bond donors (Lipinski definition) is 8. The Bertz CT molecular complexity index is 5900. The molecule has 11 N–H and O–H groups in total. The number of ether oxygens (including phenoxy) is 10. The number of thiophene rings is 3. The van der Waals surface area contributed by atoms with E-state index in [1.54, 1.807) is 101 Å². The number of amides is 1. The lowest BCUT2D eigenvalue weighted by Crippen LogP contribution is -2.33. The largest absolute Gasteiger partial charge is 0.471 e. The molecule has 1 aliphatic heterocycles. The van der Waals surface area contributed by atoms with Gasteiger partial charge in [-0.3, -0.25) is 19.4 Å². The fraction of sp³-hybridized carbons (Fsp3) is 0.372. The van der Waals surface area contributed by atoms with Gasteiger partial charge in [0.15, 0.2) is 5.65 Å². The van der Waals surface area contributed by atoms with Gasteiger partial charge in [-0.25, -0.2) is 29.3 Å². The third kappa shape index (κ3) is 32.8. The van der Waals surface area contributed by atoms with Crippen LogP contribution in [0, 0.1) is 19.7 Å². The molecular formula is C94H111N17O17S3. The number of carbonyl (C=O) groups is 4. The van der Waals surface area contributed by atoms with Gasteiger partial charge in [0.05, 0.1) is 97.7 Å². The van der Waals surface area contributed by atoms with E-state index in [9.17, 15) is 34.5 Å². The molecule has 0 fully saturated rings. The fourth-order valence-corrected chi connectivity index (χ4v) is 15.5. The summed E-state index contributed by atoms with van der Waals surface area (Å²) < 4.78 is 57.4. The highest BCUT2D eigenvalue weighted by atomic mass is 32.1. The van der Waals surface area contributed by atoms with Crippen molar-refractivity contribution in [2.24, 2.45) is 10.7 Å². The number of esters is 3. The van der Waals surface area contributed by atoms with E-state index >= 15 is 0 Å². The van der Waals surface area contributed by atoms with Crippen molar-refractivity contribution in [2.75, 3.05) is 146 Å². The van der Waals surface area contributed by atoms with Gasteiger partial charge >= 0.3 is 24.0 Å². The van der Waals surface area contributed by atoms with Crippen molar-refractivity contribution < 1.29 is 81.9 Å². The third-order valence-electron chi connectivity index (χ3n) is 18.5. The van der Waals surface area contributed by atoms with E-state index in [2.05, 4.69) is 64.5 Å². The van der Waals surface area contributed by atoms with Crippen molar-refractivity contribution in [2.45, 2.75) is 112 Å². The van der Waals surface area contributed by atoms with Gasteiger partial charge in [0.25, 0.3) is 17.1 Å². The maximum atomic E-state index is 12.6. The minimum atomic E-state index is -0.701. The fourth-order valence-electron chi connectivity index (χ4n) is 12.4. The van der Waals surface area contributed by atoms with Gasteiger partial charge in [0.1, 0.15) is 47.8 Å². The molecule has 0 spiro atoms. The van der Waals surface area contributed by atoms with Crippen LogP contribution in [0.2, 0.25) is 0 Å². The molecule has 692 valence electrons. The number of aromatic amines is 1. The first-order chi connectivity index (χ1) is 62.8. The molecule has 0 atom stereocenters. The number of hydrogen-bond acceptors (Lipinski definition) is 32. The molecular weight excluding hydrogens is 1740 g/mol. The highest BCUT2D eigenvalue weighted by Gasteiger charge is 2.26. The summed E-state index contributed by atoms with van der Waals surface area (Å²) >= 11 is 4.43. The van der Waals surface area contributed by atoms with Crippen molar-refractivity contribution in [3.8, 4) is 11.8 Å². The van der Waals surface area contributed by atoms with E-state index in [1.165, 1.54) is 40.3 Å². The monoisotopic (exact) mass is 1850 g/mol. The normalized spacial score (nSPS) is 12.0. The van der Waals surface area contributed by atoms with Crippen molar-refractivity contribution in [1.29, 1.82) is 0 Å². The van der Waals surface area contributed by atoms with Crippen LogP contribution in [0.15, 0.2) is 150 Å². The van der Waals surface area contributed by atoms with Gasteiger partial charge in [-0.1, -0.05) is 66.7 Å². The number of aliphatic hydroxyl groups is 3. The molecule has 7 heterocycles. The standard InChI is InChI=1S/C38H43N7O7S.C23H30N2O5S.C20H24N2O4S.C13H14N6O/c1-38(2,3)52-35(46)31(40-4)22-29-20-27-10-11-28(21-32(27)53-29)45(14-16-49-19-18-48-5)15-17-50-37(47)42-23-25-6-8-26(9-7-25)24-51-34-33-30(12-13-41-33)43-36(39)44-34;1-23(2,3)30-22(27)20(24-4)16-19-14-17-6-7-18(15-21(17)31-19)25(8-10-26)9-11-29-13-12-28-5;1-20(2,3)26-19(25)17(21-4)13-16-11-14-5-6-15(12-18(14)27-16)22(7-9-23)8-10-24;14-5-8-1-3-9(4-2-8)6-20-12-10-11(17-7-16-10)18-13(15)19-12/h6-11,13,20-22H,12,14-19,23-24H2,1-3,5H3,(H,42,47)(H2,39,43,44);6-7,14-16,26H,8-13H2,1-3,5H3;5-6,11-13,23-24H,7-10H2,1-3H3;1-4,7H,5-6,14H2,(H3,15,16,17,18,19)/b31-22-;20-16-;17-13-;. The molecule has 34 nitrogen and oxygen atoms in total. The second-order valence-electron chi connectivity index (χ2n) is 32.0. The molecule has 1 aliphatic rings. The second-order valence-corrected chi connectivity index (χ2v) is 35.3. The summed E-state index contributed by atoms with van der Waals surface area (Å²) in [5.41, 5.74) is 24.0. The average molecular weight is 1850 g/mol. The van der Waals surface area contributed by atoms with E-state index in [0.29, 0.717) is 127 Å². The van der Waals surface area contributed by atoms with Crippen LogP contribution in [-0.4, -0.2) is 212 Å². The van der Waals surface area contributed by atoms with Crippen LogP contribution in [0.1, 0.15) is 105 Å². The number of nitrogens with zero attached hydrogens (tertiary/aromatic N) is 12. The van der Waals surface area contributed by atoms with Gasteiger partial charge < -0.3 is 105 Å². The Labute approximate surface area is 772 Å². The number of fused-ring (bicyclic) bond motifs is 5. The van der Waals surface area contributed by atoms with Crippen LogP contribution in [0.4, 0.5) is 39.4 Å². The number of imidazole rings is 1. The van der Waals surface area contributed by atoms with Gasteiger partial charge in [-0.15, -0.1) is 34.0 Å². The Kier molecular flexibility index (Phi) is 39.0. The summed E-state index contributed by atoms with van der Waals surface area (Å²) in [5, 5.41) is 33.6. The Morgan fingerprint density at radius 1 is 0.504 bits per heavy atom. The van der Waals surface area contributed by atoms with E-state index in [1.807, 2.05) is 126 Å². The number of alkyl carbamates (subject to hydrolysis) is 1. The molecule has 0 saturated carbocycles. The van der Waals surface area contributed by atoms with E-state index in [-0.39, 0.29) is 68.6 Å². The smallest absolute Gasteiger partial charge is 0.407 e. The molecule has 12 rings (SSSR count). The highest BCUT2D eigenvalue weighted by molar-refractivity contribution is 7.20. The molecule has 1 amide bonds. The number of methoxy groups -OCH3 is 2. The number of nitrogen functional groups attached to an aromatic ring is 2. The van der Waals surface area contributed by atoms with Crippen molar-refractivity contribution in [1.82, 2.24) is 35.2 Å². The molecule has 131 heavy (non-hydrogen) atoms. The number of nitrogens with two attached hydrogens (primary N) is 3. The zero-order valence-corrected chi connectivity index (χ0v) is 77.6. The first-order valence-corrected chi connectivity index (χ1v) is 44.2. The first kappa shape index (κ1) is 102. The van der Waals surface area contributed by atoms with Crippen molar-refractivity contribution in [3.63, 3.8) is 0 Å². The lowest BCUT2D eigenvalue weighted by atomic mass is 10.1. The first-order valence-electron chi connectivity index (χ1n) is 41.8. The van der Waals surface area contributed by atoms with Crippen LogP contribution in [-0.2, 0) is 85.0 Å². The number of H-pyrrole nitrogens is 1. The molecule has 0 aliphatic carbocycles. The number of aliphatic hydroxyl groups excluding tert-OH is 3.